The van der Waals surface area contributed by atoms with E-state index in [2.05, 4.69) is 0 Å². The molecule has 0 amide bonds. The lowest BCUT2D eigenvalue weighted by molar-refractivity contribution is -0.139. The Hall–Kier alpha value is -2.11. The van der Waals surface area contributed by atoms with Crippen LogP contribution in [0.2, 0.25) is 0 Å². The maximum atomic E-state index is 10.3. The number of methoxy groups -OCH3 is 1. The van der Waals surface area contributed by atoms with Gasteiger partial charge in [0.05, 0.1) is 7.11 Å². The fourth-order valence-electron chi connectivity index (χ4n) is 1.33. The standard InChI is InChI=1S/C10H10O6/c1-13-7-2-6(14-4-9(11)12)3-8-10(7)16-5-15-8/h2-3H,4-5H2,1H3,(H,11,12). The van der Waals surface area contributed by atoms with Gasteiger partial charge in [-0.25, -0.2) is 4.79 Å². The fourth-order valence-corrected chi connectivity index (χ4v) is 1.33. The van der Waals surface area contributed by atoms with Crippen molar-refractivity contribution in [1.29, 1.82) is 0 Å². The molecule has 0 aromatic heterocycles. The highest BCUT2D eigenvalue weighted by Gasteiger charge is 2.20. The summed E-state index contributed by atoms with van der Waals surface area (Å²) in [4.78, 5) is 10.3. The van der Waals surface area contributed by atoms with Crippen LogP contribution in [-0.4, -0.2) is 31.6 Å². The molecule has 6 nitrogen and oxygen atoms in total. The summed E-state index contributed by atoms with van der Waals surface area (Å²) in [5.74, 6) is 0.764. The van der Waals surface area contributed by atoms with E-state index in [0.717, 1.165) is 0 Å². The lowest BCUT2D eigenvalue weighted by Crippen LogP contribution is -2.09. The third-order valence-electron chi connectivity index (χ3n) is 1.99. The first-order valence-electron chi connectivity index (χ1n) is 4.53. The lowest BCUT2D eigenvalue weighted by Gasteiger charge is -2.08. The second-order valence-electron chi connectivity index (χ2n) is 3.04. The fraction of sp³-hybridized carbons (Fsp3) is 0.300. The van der Waals surface area contributed by atoms with Gasteiger partial charge in [0.2, 0.25) is 12.5 Å². The van der Waals surface area contributed by atoms with E-state index >= 15 is 0 Å². The molecule has 0 atom stereocenters. The van der Waals surface area contributed by atoms with Gasteiger partial charge in [0.15, 0.2) is 18.1 Å². The molecule has 1 aliphatic heterocycles. The van der Waals surface area contributed by atoms with E-state index in [1.54, 1.807) is 12.1 Å². The second-order valence-corrected chi connectivity index (χ2v) is 3.04. The molecule has 0 aliphatic carbocycles. The molecule has 0 unspecified atom stereocenters. The Bertz CT molecular complexity index is 414. The summed E-state index contributed by atoms with van der Waals surface area (Å²) in [6.07, 6.45) is 0. The van der Waals surface area contributed by atoms with Gasteiger partial charge in [0.25, 0.3) is 0 Å². The summed E-state index contributed by atoms with van der Waals surface area (Å²) < 4.78 is 20.4. The van der Waals surface area contributed by atoms with E-state index in [4.69, 9.17) is 24.1 Å². The van der Waals surface area contributed by atoms with Crippen molar-refractivity contribution in [3.63, 3.8) is 0 Å². The van der Waals surface area contributed by atoms with Crippen LogP contribution < -0.4 is 18.9 Å². The summed E-state index contributed by atoms with van der Waals surface area (Å²) in [7, 11) is 1.48. The van der Waals surface area contributed by atoms with Crippen LogP contribution in [0.1, 0.15) is 0 Å². The lowest BCUT2D eigenvalue weighted by atomic mass is 10.3. The van der Waals surface area contributed by atoms with Crippen LogP contribution in [0.15, 0.2) is 12.1 Å². The van der Waals surface area contributed by atoms with Crippen LogP contribution in [0.5, 0.6) is 23.0 Å². The number of hydrogen-bond donors (Lipinski definition) is 1. The molecule has 16 heavy (non-hydrogen) atoms. The number of hydrogen-bond acceptors (Lipinski definition) is 5. The number of fused-ring (bicyclic) bond motifs is 1. The van der Waals surface area contributed by atoms with Crippen LogP contribution in [0.3, 0.4) is 0 Å². The zero-order chi connectivity index (χ0) is 11.5. The Morgan fingerprint density at radius 1 is 1.50 bits per heavy atom. The van der Waals surface area contributed by atoms with Gasteiger partial charge in [-0.05, 0) is 0 Å². The van der Waals surface area contributed by atoms with Crippen molar-refractivity contribution >= 4 is 5.97 Å². The molecule has 0 radical (unpaired) electrons. The van der Waals surface area contributed by atoms with E-state index < -0.39 is 12.6 Å². The highest BCUT2D eigenvalue weighted by atomic mass is 16.7. The van der Waals surface area contributed by atoms with E-state index in [1.165, 1.54) is 7.11 Å². The van der Waals surface area contributed by atoms with Crippen LogP contribution in [0.25, 0.3) is 0 Å². The van der Waals surface area contributed by atoms with Gasteiger partial charge in [0.1, 0.15) is 5.75 Å². The first-order valence-corrected chi connectivity index (χ1v) is 4.53. The van der Waals surface area contributed by atoms with E-state index in [1.807, 2.05) is 0 Å². The Morgan fingerprint density at radius 2 is 2.31 bits per heavy atom. The highest BCUT2D eigenvalue weighted by molar-refractivity contribution is 5.68. The topological polar surface area (TPSA) is 74.2 Å². The van der Waals surface area contributed by atoms with Crippen molar-refractivity contribution in [2.45, 2.75) is 0 Å². The first kappa shape index (κ1) is 10.4. The number of carboxylic acids is 1. The maximum Gasteiger partial charge on any atom is 0.341 e. The minimum atomic E-state index is -1.04. The highest BCUT2D eigenvalue weighted by Crippen LogP contribution is 2.43. The van der Waals surface area contributed by atoms with Gasteiger partial charge >= 0.3 is 5.97 Å². The predicted octanol–water partition coefficient (Wildman–Crippen LogP) is 0.887. The number of carboxylic acid groups (broad SMARTS) is 1. The Balaban J connectivity index is 2.24. The largest absolute Gasteiger partial charge is 0.493 e. The van der Waals surface area contributed by atoms with Crippen LogP contribution in [-0.2, 0) is 4.79 Å². The average molecular weight is 226 g/mol. The summed E-state index contributed by atoms with van der Waals surface area (Å²) >= 11 is 0. The van der Waals surface area contributed by atoms with Gasteiger partial charge in [-0.2, -0.15) is 0 Å². The van der Waals surface area contributed by atoms with Crippen LogP contribution in [0, 0.1) is 0 Å². The third kappa shape index (κ3) is 1.95. The molecule has 0 fully saturated rings. The van der Waals surface area contributed by atoms with Crippen molar-refractivity contribution in [2.75, 3.05) is 20.5 Å². The zero-order valence-corrected chi connectivity index (χ0v) is 8.56. The molecule has 0 saturated heterocycles. The molecular formula is C10H10O6. The number of carbonyl (C=O) groups is 1. The zero-order valence-electron chi connectivity index (χ0n) is 8.56. The van der Waals surface area contributed by atoms with Crippen LogP contribution >= 0.6 is 0 Å². The van der Waals surface area contributed by atoms with Crippen molar-refractivity contribution in [1.82, 2.24) is 0 Å². The van der Waals surface area contributed by atoms with Crippen molar-refractivity contribution < 1.29 is 28.8 Å². The summed E-state index contributed by atoms with van der Waals surface area (Å²) in [6, 6.07) is 3.12. The van der Waals surface area contributed by atoms with Gasteiger partial charge in [0, 0.05) is 12.1 Å². The Morgan fingerprint density at radius 3 is 3.00 bits per heavy atom. The minimum absolute atomic E-state index is 0.119. The smallest absolute Gasteiger partial charge is 0.341 e. The average Bonchev–Trinajstić information content (AvgIpc) is 2.73. The third-order valence-corrected chi connectivity index (χ3v) is 1.99. The molecule has 86 valence electrons. The van der Waals surface area contributed by atoms with Gasteiger partial charge in [-0.1, -0.05) is 0 Å². The molecule has 0 bridgehead atoms. The number of benzene rings is 1. The molecule has 6 heteroatoms. The Labute approximate surface area is 91.3 Å². The van der Waals surface area contributed by atoms with Crippen molar-refractivity contribution in [3.8, 4) is 23.0 Å². The van der Waals surface area contributed by atoms with E-state index in [-0.39, 0.29) is 6.79 Å². The molecule has 1 heterocycles. The number of aliphatic carboxylic acids is 1. The Kier molecular flexibility index (Phi) is 2.72. The molecule has 0 saturated carbocycles. The summed E-state index contributed by atoms with van der Waals surface area (Å²) in [5.41, 5.74) is 0. The van der Waals surface area contributed by atoms with Crippen molar-refractivity contribution in [2.24, 2.45) is 0 Å². The number of rotatable bonds is 4. The van der Waals surface area contributed by atoms with E-state index in [0.29, 0.717) is 23.0 Å². The molecule has 1 aliphatic rings. The summed E-state index contributed by atoms with van der Waals surface area (Å²) in [6.45, 7) is -0.295. The maximum absolute atomic E-state index is 10.3. The van der Waals surface area contributed by atoms with E-state index in [9.17, 15) is 4.79 Å². The molecule has 1 N–H and O–H groups in total. The normalized spacial score (nSPS) is 12.3. The SMILES string of the molecule is COc1cc(OCC(=O)O)cc2c1OCO2. The second kappa shape index (κ2) is 4.18. The quantitative estimate of drug-likeness (QED) is 0.821. The van der Waals surface area contributed by atoms with Gasteiger partial charge in [-0.15, -0.1) is 0 Å². The molecule has 2 rings (SSSR count). The monoisotopic (exact) mass is 226 g/mol. The molecule has 1 aromatic rings. The minimum Gasteiger partial charge on any atom is -0.493 e. The van der Waals surface area contributed by atoms with Crippen molar-refractivity contribution in [3.05, 3.63) is 12.1 Å². The van der Waals surface area contributed by atoms with Gasteiger partial charge in [-0.3, -0.25) is 0 Å². The van der Waals surface area contributed by atoms with Crippen LogP contribution in [0.4, 0.5) is 0 Å². The first-order chi connectivity index (χ1) is 7.70. The predicted molar refractivity (Wildman–Crippen MR) is 52.2 cm³/mol. The summed E-state index contributed by atoms with van der Waals surface area (Å²) in [5, 5.41) is 8.48. The molecular weight excluding hydrogens is 216 g/mol. The molecule has 1 aromatic carbocycles. The van der Waals surface area contributed by atoms with Gasteiger partial charge < -0.3 is 24.1 Å². The number of ether oxygens (including phenoxy) is 4. The molecule has 0 spiro atoms.